The van der Waals surface area contributed by atoms with Gasteiger partial charge < -0.3 is 10.1 Å². The molecule has 0 radical (unpaired) electrons. The SMILES string of the molecule is CCOC(=O)N(C)c1ccc(NC(=O)C(CCSC)NS(=O)(=O)c2ccccc2F)cc1. The lowest BCUT2D eigenvalue weighted by atomic mass is 10.2. The van der Waals surface area contributed by atoms with E-state index in [2.05, 4.69) is 10.0 Å². The predicted octanol–water partition coefficient (Wildman–Crippen LogP) is 3.46. The molecule has 2 aromatic rings. The van der Waals surface area contributed by atoms with Crippen LogP contribution in [-0.4, -0.2) is 52.1 Å². The first-order chi connectivity index (χ1) is 15.2. The Morgan fingerprint density at radius 1 is 1.16 bits per heavy atom. The summed E-state index contributed by atoms with van der Waals surface area (Å²) in [5.41, 5.74) is 0.968. The number of rotatable bonds is 10. The fourth-order valence-corrected chi connectivity index (χ4v) is 4.50. The van der Waals surface area contributed by atoms with Gasteiger partial charge in [-0.1, -0.05) is 12.1 Å². The number of carbonyl (C=O) groups excluding carboxylic acids is 2. The third-order valence-corrected chi connectivity index (χ3v) is 6.56. The Hall–Kier alpha value is -2.63. The Morgan fingerprint density at radius 3 is 2.41 bits per heavy atom. The average Bonchev–Trinajstić information content (AvgIpc) is 2.76. The van der Waals surface area contributed by atoms with E-state index >= 15 is 0 Å². The van der Waals surface area contributed by atoms with Crippen LogP contribution in [0, 0.1) is 5.82 Å². The number of halogens is 1. The number of nitrogens with zero attached hydrogens (tertiary/aromatic N) is 1. The summed E-state index contributed by atoms with van der Waals surface area (Å²) in [7, 11) is -2.69. The number of sulfonamides is 1. The van der Waals surface area contributed by atoms with Gasteiger partial charge in [-0.15, -0.1) is 0 Å². The number of carbonyl (C=O) groups is 2. The minimum atomic E-state index is -4.24. The summed E-state index contributed by atoms with van der Waals surface area (Å²) in [6.07, 6.45) is 1.53. The van der Waals surface area contributed by atoms with E-state index in [1.165, 1.54) is 28.8 Å². The van der Waals surface area contributed by atoms with Crippen LogP contribution in [-0.2, 0) is 19.6 Å². The van der Waals surface area contributed by atoms with Gasteiger partial charge in [0.1, 0.15) is 16.8 Å². The van der Waals surface area contributed by atoms with E-state index in [1.54, 1.807) is 38.2 Å². The first-order valence-corrected chi connectivity index (χ1v) is 12.6. The summed E-state index contributed by atoms with van der Waals surface area (Å²) in [4.78, 5) is 25.4. The molecule has 0 bridgehead atoms. The van der Waals surface area contributed by atoms with Gasteiger partial charge in [0.05, 0.1) is 6.61 Å². The zero-order valence-corrected chi connectivity index (χ0v) is 19.6. The molecule has 2 rings (SSSR count). The first kappa shape index (κ1) is 25.6. The molecule has 0 aliphatic rings. The van der Waals surface area contributed by atoms with Gasteiger partial charge in [-0.05, 0) is 61.8 Å². The standard InChI is InChI=1S/C21H26FN3O5S2/c1-4-30-21(27)25(2)16-11-9-15(10-12-16)23-20(26)18(13-14-31-3)24-32(28,29)19-8-6-5-7-17(19)22/h5-12,18,24H,4,13-14H2,1-3H3,(H,23,26). The largest absolute Gasteiger partial charge is 0.449 e. The smallest absolute Gasteiger partial charge is 0.413 e. The topological polar surface area (TPSA) is 105 Å². The van der Waals surface area contributed by atoms with Crippen molar-refractivity contribution in [1.82, 2.24) is 4.72 Å². The van der Waals surface area contributed by atoms with Crippen molar-refractivity contribution in [3.8, 4) is 0 Å². The lowest BCUT2D eigenvalue weighted by molar-refractivity contribution is -0.117. The Labute approximate surface area is 191 Å². The number of amides is 2. The molecular weight excluding hydrogens is 457 g/mol. The summed E-state index contributed by atoms with van der Waals surface area (Å²) in [6.45, 7) is 1.95. The van der Waals surface area contributed by atoms with Crippen LogP contribution in [0.5, 0.6) is 0 Å². The zero-order valence-electron chi connectivity index (χ0n) is 18.0. The molecule has 1 unspecified atom stereocenters. The zero-order chi connectivity index (χ0) is 23.7. The van der Waals surface area contributed by atoms with Crippen LogP contribution in [0.3, 0.4) is 0 Å². The number of anilines is 2. The maximum absolute atomic E-state index is 14.0. The molecule has 0 saturated carbocycles. The quantitative estimate of drug-likeness (QED) is 0.536. The van der Waals surface area contributed by atoms with Crippen LogP contribution >= 0.6 is 11.8 Å². The van der Waals surface area contributed by atoms with E-state index in [4.69, 9.17) is 4.74 Å². The molecule has 0 fully saturated rings. The molecule has 11 heteroatoms. The van der Waals surface area contributed by atoms with Crippen molar-refractivity contribution in [2.45, 2.75) is 24.3 Å². The van der Waals surface area contributed by atoms with Gasteiger partial charge in [0.25, 0.3) is 0 Å². The molecule has 2 aromatic carbocycles. The maximum Gasteiger partial charge on any atom is 0.413 e. The average molecular weight is 484 g/mol. The van der Waals surface area contributed by atoms with Crippen molar-refractivity contribution in [2.24, 2.45) is 0 Å². The summed E-state index contributed by atoms with van der Waals surface area (Å²) < 4.78 is 46.5. The van der Waals surface area contributed by atoms with E-state index in [-0.39, 0.29) is 13.0 Å². The lowest BCUT2D eigenvalue weighted by Gasteiger charge is -2.19. The molecular formula is C21H26FN3O5S2. The molecule has 2 N–H and O–H groups in total. The highest BCUT2D eigenvalue weighted by atomic mass is 32.2. The van der Waals surface area contributed by atoms with E-state index in [9.17, 15) is 22.4 Å². The normalized spacial score (nSPS) is 12.1. The van der Waals surface area contributed by atoms with Crippen LogP contribution in [0.2, 0.25) is 0 Å². The molecule has 0 aromatic heterocycles. The highest BCUT2D eigenvalue weighted by Crippen LogP contribution is 2.19. The van der Waals surface area contributed by atoms with Crippen molar-refractivity contribution >= 4 is 45.2 Å². The van der Waals surface area contributed by atoms with Crippen LogP contribution in [0.4, 0.5) is 20.6 Å². The fraction of sp³-hybridized carbons (Fsp3) is 0.333. The Balaban J connectivity index is 2.14. The molecule has 0 spiro atoms. The van der Waals surface area contributed by atoms with Crippen molar-refractivity contribution in [1.29, 1.82) is 0 Å². The third-order valence-electron chi connectivity index (χ3n) is 4.41. The van der Waals surface area contributed by atoms with Gasteiger partial charge in [-0.3, -0.25) is 9.69 Å². The van der Waals surface area contributed by atoms with Crippen molar-refractivity contribution < 1.29 is 27.1 Å². The van der Waals surface area contributed by atoms with Crippen LogP contribution in [0.1, 0.15) is 13.3 Å². The van der Waals surface area contributed by atoms with E-state index < -0.39 is 38.8 Å². The molecule has 0 aliphatic heterocycles. The van der Waals surface area contributed by atoms with Gasteiger partial charge in [0.15, 0.2) is 0 Å². The number of ether oxygens (including phenoxy) is 1. The van der Waals surface area contributed by atoms with Gasteiger partial charge in [0, 0.05) is 18.4 Å². The summed E-state index contributed by atoms with van der Waals surface area (Å²) in [5.74, 6) is -0.961. The van der Waals surface area contributed by atoms with Crippen LogP contribution < -0.4 is 14.9 Å². The van der Waals surface area contributed by atoms with Gasteiger partial charge in [0.2, 0.25) is 15.9 Å². The number of thioether (sulfide) groups is 1. The predicted molar refractivity (Wildman–Crippen MR) is 124 cm³/mol. The van der Waals surface area contributed by atoms with Gasteiger partial charge in [-0.2, -0.15) is 16.5 Å². The van der Waals surface area contributed by atoms with Gasteiger partial charge in [-0.25, -0.2) is 17.6 Å². The second-order valence-corrected chi connectivity index (χ2v) is 9.35. The minimum Gasteiger partial charge on any atom is -0.449 e. The monoisotopic (exact) mass is 483 g/mol. The minimum absolute atomic E-state index is 0.213. The molecule has 0 heterocycles. The van der Waals surface area contributed by atoms with Crippen LogP contribution in [0.25, 0.3) is 0 Å². The Kier molecular flexibility index (Phi) is 9.48. The number of nitrogens with one attached hydrogen (secondary N) is 2. The highest BCUT2D eigenvalue weighted by molar-refractivity contribution is 7.98. The molecule has 32 heavy (non-hydrogen) atoms. The second-order valence-electron chi connectivity index (χ2n) is 6.68. The number of benzene rings is 2. The maximum atomic E-state index is 14.0. The van der Waals surface area contributed by atoms with E-state index in [0.29, 0.717) is 17.1 Å². The molecule has 1 atom stereocenters. The summed E-state index contributed by atoms with van der Waals surface area (Å²) in [6, 6.07) is 10.3. The van der Waals surface area contributed by atoms with E-state index in [1.807, 2.05) is 6.26 Å². The third kappa shape index (κ3) is 6.94. The first-order valence-electron chi connectivity index (χ1n) is 9.76. The molecule has 8 nitrogen and oxygen atoms in total. The Bertz CT molecular complexity index is 1030. The highest BCUT2D eigenvalue weighted by Gasteiger charge is 2.27. The van der Waals surface area contributed by atoms with E-state index in [0.717, 1.165) is 12.1 Å². The van der Waals surface area contributed by atoms with Crippen LogP contribution in [0.15, 0.2) is 53.4 Å². The number of hydrogen-bond acceptors (Lipinski definition) is 6. The fourth-order valence-electron chi connectivity index (χ4n) is 2.72. The summed E-state index contributed by atoms with van der Waals surface area (Å²) in [5, 5.41) is 2.66. The second kappa shape index (κ2) is 11.8. The Morgan fingerprint density at radius 2 is 1.81 bits per heavy atom. The summed E-state index contributed by atoms with van der Waals surface area (Å²) >= 11 is 1.45. The molecule has 0 aliphatic carbocycles. The van der Waals surface area contributed by atoms with Gasteiger partial charge >= 0.3 is 6.09 Å². The molecule has 2 amide bonds. The molecule has 0 saturated heterocycles. The van der Waals surface area contributed by atoms with Crippen molar-refractivity contribution in [3.05, 3.63) is 54.3 Å². The lowest BCUT2D eigenvalue weighted by Crippen LogP contribution is -2.44. The number of hydrogen-bond donors (Lipinski definition) is 2. The van der Waals surface area contributed by atoms with Crippen molar-refractivity contribution in [2.75, 3.05) is 35.9 Å². The molecule has 174 valence electrons. The van der Waals surface area contributed by atoms with Crippen molar-refractivity contribution in [3.63, 3.8) is 0 Å².